The van der Waals surface area contributed by atoms with E-state index in [-0.39, 0.29) is 16.8 Å². The second kappa shape index (κ2) is 9.34. The van der Waals surface area contributed by atoms with Crippen LogP contribution in [-0.4, -0.2) is 4.89 Å². The molecule has 0 bridgehead atoms. The van der Waals surface area contributed by atoms with Gasteiger partial charge < -0.3 is 4.89 Å². The molecule has 1 unspecified atom stereocenters. The topological polar surface area (TPSA) is 37.3 Å². The van der Waals surface area contributed by atoms with Crippen LogP contribution < -0.4 is 0 Å². The first-order chi connectivity index (χ1) is 1.41. The second-order valence-corrected chi connectivity index (χ2v) is 0.316. The zero-order valence-corrected chi connectivity index (χ0v) is 3.96. The smallest absolute Gasteiger partial charge is 0.177 e. The van der Waals surface area contributed by atoms with Crippen molar-refractivity contribution in [1.82, 2.24) is 0 Å². The first-order valence-corrected chi connectivity index (χ1v) is 1.48. The van der Waals surface area contributed by atoms with Crippen LogP contribution in [-0.2, 0) is 21.3 Å². The molecule has 0 aliphatic rings. The van der Waals surface area contributed by atoms with Gasteiger partial charge in [-0.25, -0.2) is 0 Å². The molecule has 0 rings (SSSR count). The van der Waals surface area contributed by atoms with Gasteiger partial charge in [0.2, 0.25) is 0 Å². The summed E-state index contributed by atoms with van der Waals surface area (Å²) in [5, 5.41) is 0. The van der Waals surface area contributed by atoms with Gasteiger partial charge in [0.25, 0.3) is 0 Å². The van der Waals surface area contributed by atoms with E-state index in [1.165, 1.54) is 0 Å². The number of hydrogen-bond donors (Lipinski definition) is 1. The minimum absolute atomic E-state index is 0. The maximum Gasteiger partial charge on any atom is 0.177 e. The SMILES string of the molecule is O=[PH2]O.[Co]. The van der Waals surface area contributed by atoms with Crippen LogP contribution in [0.3, 0.4) is 0 Å². The van der Waals surface area contributed by atoms with Crippen molar-refractivity contribution in [2.75, 3.05) is 0 Å². The summed E-state index contributed by atoms with van der Waals surface area (Å²) in [5.74, 6) is 0. The molecule has 0 heterocycles. The largest absolute Gasteiger partial charge is 0.348 e. The molecule has 1 N–H and O–H groups in total. The van der Waals surface area contributed by atoms with Gasteiger partial charge in [-0.1, -0.05) is 0 Å². The van der Waals surface area contributed by atoms with Crippen molar-refractivity contribution in [2.24, 2.45) is 0 Å². The zero-order chi connectivity index (χ0) is 2.71. The Morgan fingerprint density at radius 1 is 1.75 bits per heavy atom. The Morgan fingerprint density at radius 3 is 1.75 bits per heavy atom. The second-order valence-electron chi connectivity index (χ2n) is 0.105. The number of rotatable bonds is 0. The predicted molar refractivity (Wildman–Crippen MR) is 12.6 cm³/mol. The van der Waals surface area contributed by atoms with Gasteiger partial charge in [-0.05, 0) is 0 Å². The molecule has 0 amide bonds. The molecule has 1 atom stereocenters. The maximum atomic E-state index is 8.57. The van der Waals surface area contributed by atoms with Crippen molar-refractivity contribution in [1.29, 1.82) is 0 Å². The van der Waals surface area contributed by atoms with E-state index in [2.05, 4.69) is 0 Å². The number of hydrogen-bond acceptors (Lipinski definition) is 1. The molecule has 29 valence electrons. The molecule has 0 aliphatic carbocycles. The van der Waals surface area contributed by atoms with Crippen LogP contribution in [0, 0.1) is 0 Å². The summed E-state index contributed by atoms with van der Waals surface area (Å²) in [6.07, 6.45) is 0. The molecule has 0 spiro atoms. The molecule has 0 aromatic carbocycles. The standard InChI is InChI=1S/Co.H3O2P/c;1-3-2/h;3H2,(H,1,2). The Hall–Kier alpha value is 0.696. The quantitative estimate of drug-likeness (QED) is 0.449. The average molecular weight is 125 g/mol. The van der Waals surface area contributed by atoms with Crippen molar-refractivity contribution >= 4 is 8.69 Å². The summed E-state index contributed by atoms with van der Waals surface area (Å²) in [6, 6.07) is 0. The van der Waals surface area contributed by atoms with Crippen LogP contribution in [0.25, 0.3) is 0 Å². The van der Waals surface area contributed by atoms with Crippen LogP contribution in [0.1, 0.15) is 0 Å². The average Bonchev–Trinajstić information content (AvgIpc) is 0.918. The Kier molecular flexibility index (Phi) is 20.6. The van der Waals surface area contributed by atoms with Crippen LogP contribution >= 0.6 is 8.69 Å². The summed E-state index contributed by atoms with van der Waals surface area (Å²) >= 11 is 0. The van der Waals surface area contributed by atoms with E-state index >= 15 is 0 Å². The zero-order valence-electron chi connectivity index (χ0n) is 1.77. The third-order valence-corrected chi connectivity index (χ3v) is 0. The van der Waals surface area contributed by atoms with Gasteiger partial charge in [0.05, 0.1) is 0 Å². The minimum Gasteiger partial charge on any atom is -0.348 e. The van der Waals surface area contributed by atoms with E-state index in [9.17, 15) is 0 Å². The molecular weight excluding hydrogens is 122 g/mol. The van der Waals surface area contributed by atoms with E-state index in [1.54, 1.807) is 0 Å². The van der Waals surface area contributed by atoms with Crippen molar-refractivity contribution in [3.05, 3.63) is 0 Å². The van der Waals surface area contributed by atoms with Crippen molar-refractivity contribution in [2.45, 2.75) is 0 Å². The van der Waals surface area contributed by atoms with Crippen molar-refractivity contribution in [3.8, 4) is 0 Å². The fraction of sp³-hybridized carbons (Fsp3) is 0. The third kappa shape index (κ3) is 16.0. The molecule has 1 radical (unpaired) electrons. The first kappa shape index (κ1) is 8.83. The van der Waals surface area contributed by atoms with Gasteiger partial charge in [0.1, 0.15) is 0 Å². The van der Waals surface area contributed by atoms with E-state index in [0.29, 0.717) is 0 Å². The first-order valence-electron chi connectivity index (χ1n) is 0.494. The molecule has 0 fully saturated rings. The maximum absolute atomic E-state index is 8.57. The normalized spacial score (nSPS) is 7.25. The Labute approximate surface area is 35.7 Å². The predicted octanol–water partition coefficient (Wildman–Crippen LogP) is -0.353. The van der Waals surface area contributed by atoms with Crippen LogP contribution in [0.4, 0.5) is 0 Å². The van der Waals surface area contributed by atoms with Crippen molar-refractivity contribution in [3.63, 3.8) is 0 Å². The van der Waals surface area contributed by atoms with Gasteiger partial charge in [-0.3, -0.25) is 4.57 Å². The molecule has 0 saturated carbocycles. The minimum atomic E-state index is -1.50. The van der Waals surface area contributed by atoms with Gasteiger partial charge in [-0.2, -0.15) is 0 Å². The van der Waals surface area contributed by atoms with Crippen LogP contribution in [0.2, 0.25) is 0 Å². The van der Waals surface area contributed by atoms with Crippen LogP contribution in [0.5, 0.6) is 0 Å². The van der Waals surface area contributed by atoms with Crippen molar-refractivity contribution < 1.29 is 26.2 Å². The molecule has 4 heteroatoms. The van der Waals surface area contributed by atoms with E-state index in [4.69, 9.17) is 9.46 Å². The molecule has 4 heavy (non-hydrogen) atoms. The molecular formula is H3CoO2P. The van der Waals surface area contributed by atoms with Gasteiger partial charge >= 0.3 is 0 Å². The van der Waals surface area contributed by atoms with Crippen LogP contribution in [0.15, 0.2) is 0 Å². The molecule has 2 nitrogen and oxygen atoms in total. The summed E-state index contributed by atoms with van der Waals surface area (Å²) in [5.41, 5.74) is 0. The fourth-order valence-corrected chi connectivity index (χ4v) is 0. The Morgan fingerprint density at radius 2 is 1.75 bits per heavy atom. The molecule has 0 aromatic heterocycles. The summed E-state index contributed by atoms with van der Waals surface area (Å²) in [4.78, 5) is 7.10. The van der Waals surface area contributed by atoms with Gasteiger partial charge in [0.15, 0.2) is 8.69 Å². The van der Waals surface area contributed by atoms with Gasteiger partial charge in [-0.15, -0.1) is 0 Å². The summed E-state index contributed by atoms with van der Waals surface area (Å²) in [7, 11) is -1.50. The van der Waals surface area contributed by atoms with E-state index < -0.39 is 8.69 Å². The third-order valence-electron chi connectivity index (χ3n) is 0. The summed E-state index contributed by atoms with van der Waals surface area (Å²) < 4.78 is 8.57. The molecule has 0 aromatic rings. The van der Waals surface area contributed by atoms with Gasteiger partial charge in [0, 0.05) is 16.8 Å². The molecule has 0 aliphatic heterocycles. The molecule has 0 saturated heterocycles. The summed E-state index contributed by atoms with van der Waals surface area (Å²) in [6.45, 7) is 0. The monoisotopic (exact) mass is 125 g/mol. The van der Waals surface area contributed by atoms with E-state index in [1.807, 2.05) is 0 Å². The van der Waals surface area contributed by atoms with E-state index in [0.717, 1.165) is 0 Å². The fourth-order valence-electron chi connectivity index (χ4n) is 0. The Balaban J connectivity index is 0. The Bertz CT molecular complexity index is 13.5.